The van der Waals surface area contributed by atoms with Crippen molar-refractivity contribution in [2.45, 2.75) is 13.0 Å². The fraction of sp³-hybridized carbons (Fsp3) is 0.231. The summed E-state index contributed by atoms with van der Waals surface area (Å²) in [6.07, 6.45) is 4.04. The van der Waals surface area contributed by atoms with E-state index in [2.05, 4.69) is 15.6 Å². The zero-order valence-electron chi connectivity index (χ0n) is 9.93. The van der Waals surface area contributed by atoms with Gasteiger partial charge in [0.15, 0.2) is 0 Å². The van der Waals surface area contributed by atoms with Crippen LogP contribution in [0.15, 0.2) is 47.2 Å². The van der Waals surface area contributed by atoms with E-state index < -0.39 is 0 Å². The Bertz CT molecular complexity index is 468. The van der Waals surface area contributed by atoms with E-state index in [-0.39, 0.29) is 6.03 Å². The van der Waals surface area contributed by atoms with Crippen LogP contribution < -0.4 is 10.6 Å². The van der Waals surface area contributed by atoms with Gasteiger partial charge in [-0.25, -0.2) is 4.79 Å². The highest BCUT2D eigenvalue weighted by Gasteiger charge is 2.01. The van der Waals surface area contributed by atoms with Crippen LogP contribution in [0.5, 0.6) is 0 Å². The van der Waals surface area contributed by atoms with Crippen LogP contribution in [0.25, 0.3) is 0 Å². The van der Waals surface area contributed by atoms with Crippen molar-refractivity contribution in [3.05, 3.63) is 54.2 Å². The topological polar surface area (TPSA) is 67.2 Å². The quantitative estimate of drug-likeness (QED) is 0.842. The summed E-state index contributed by atoms with van der Waals surface area (Å²) in [5, 5.41) is 5.47. The number of carbonyl (C=O) groups is 1. The third-order valence-corrected chi connectivity index (χ3v) is 2.40. The Labute approximate surface area is 105 Å². The monoisotopic (exact) mass is 245 g/mol. The average molecular weight is 245 g/mol. The molecule has 0 aliphatic heterocycles. The minimum absolute atomic E-state index is 0.206. The lowest BCUT2D eigenvalue weighted by Crippen LogP contribution is -2.36. The molecule has 0 aromatic carbocycles. The normalized spacial score (nSPS) is 10.0. The molecule has 18 heavy (non-hydrogen) atoms. The molecule has 0 spiro atoms. The Balaban J connectivity index is 1.63. The molecule has 0 atom stereocenters. The van der Waals surface area contributed by atoms with Gasteiger partial charge in [-0.1, -0.05) is 6.07 Å². The van der Waals surface area contributed by atoms with E-state index in [0.717, 1.165) is 17.9 Å². The lowest BCUT2D eigenvalue weighted by Gasteiger charge is -2.06. The molecule has 0 aliphatic rings. The van der Waals surface area contributed by atoms with Gasteiger partial charge >= 0.3 is 6.03 Å². The SMILES string of the molecule is O=C(NCCc1ccccn1)NCc1ccco1. The molecular formula is C13H15N3O2. The second-order valence-electron chi connectivity index (χ2n) is 3.76. The van der Waals surface area contributed by atoms with Gasteiger partial charge in [0.1, 0.15) is 5.76 Å². The van der Waals surface area contributed by atoms with E-state index in [1.165, 1.54) is 0 Å². The van der Waals surface area contributed by atoms with Crippen LogP contribution in [-0.2, 0) is 13.0 Å². The number of pyridine rings is 1. The van der Waals surface area contributed by atoms with Gasteiger partial charge in [-0.3, -0.25) is 4.98 Å². The van der Waals surface area contributed by atoms with Crippen molar-refractivity contribution in [1.82, 2.24) is 15.6 Å². The minimum Gasteiger partial charge on any atom is -0.467 e. The Hall–Kier alpha value is -2.30. The molecule has 2 aromatic heterocycles. The lowest BCUT2D eigenvalue weighted by atomic mass is 10.3. The molecule has 2 aromatic rings. The molecule has 0 saturated carbocycles. The number of rotatable bonds is 5. The first-order valence-corrected chi connectivity index (χ1v) is 5.78. The molecule has 0 aliphatic carbocycles. The van der Waals surface area contributed by atoms with Gasteiger partial charge in [-0.05, 0) is 24.3 Å². The first kappa shape index (κ1) is 12.2. The van der Waals surface area contributed by atoms with Gasteiger partial charge in [0.2, 0.25) is 0 Å². The first-order valence-electron chi connectivity index (χ1n) is 5.78. The summed E-state index contributed by atoms with van der Waals surface area (Å²) in [6.45, 7) is 0.948. The summed E-state index contributed by atoms with van der Waals surface area (Å²) in [5.41, 5.74) is 0.962. The lowest BCUT2D eigenvalue weighted by molar-refractivity contribution is 0.239. The second kappa shape index (κ2) is 6.44. The van der Waals surface area contributed by atoms with Gasteiger partial charge in [-0.2, -0.15) is 0 Å². The highest BCUT2D eigenvalue weighted by atomic mass is 16.3. The van der Waals surface area contributed by atoms with Crippen LogP contribution in [0.2, 0.25) is 0 Å². The van der Waals surface area contributed by atoms with Gasteiger partial charge in [-0.15, -0.1) is 0 Å². The van der Waals surface area contributed by atoms with Gasteiger partial charge in [0, 0.05) is 24.9 Å². The van der Waals surface area contributed by atoms with E-state index in [0.29, 0.717) is 13.1 Å². The molecule has 0 saturated heterocycles. The standard InChI is InChI=1S/C13H15N3O2/c17-13(16-10-12-5-3-9-18-12)15-8-6-11-4-1-2-7-14-11/h1-5,7,9H,6,8,10H2,(H2,15,16,17). The highest BCUT2D eigenvalue weighted by molar-refractivity contribution is 5.73. The molecule has 0 fully saturated rings. The summed E-state index contributed by atoms with van der Waals surface area (Å²) in [5.74, 6) is 0.731. The Morgan fingerprint density at radius 1 is 1.22 bits per heavy atom. The van der Waals surface area contributed by atoms with Crippen LogP contribution in [-0.4, -0.2) is 17.6 Å². The van der Waals surface area contributed by atoms with Crippen LogP contribution in [0, 0.1) is 0 Å². The van der Waals surface area contributed by atoms with E-state index >= 15 is 0 Å². The van der Waals surface area contributed by atoms with E-state index in [4.69, 9.17) is 4.42 Å². The fourth-order valence-corrected chi connectivity index (χ4v) is 1.49. The van der Waals surface area contributed by atoms with Crippen LogP contribution in [0.1, 0.15) is 11.5 Å². The highest BCUT2D eigenvalue weighted by Crippen LogP contribution is 1.98. The summed E-state index contributed by atoms with van der Waals surface area (Å²) in [7, 11) is 0. The van der Waals surface area contributed by atoms with Crippen molar-refractivity contribution < 1.29 is 9.21 Å². The zero-order chi connectivity index (χ0) is 12.6. The molecule has 94 valence electrons. The number of hydrogen-bond donors (Lipinski definition) is 2. The molecule has 5 heteroatoms. The van der Waals surface area contributed by atoms with Crippen molar-refractivity contribution in [3.8, 4) is 0 Å². The molecular weight excluding hydrogens is 230 g/mol. The largest absolute Gasteiger partial charge is 0.467 e. The number of carbonyl (C=O) groups excluding carboxylic acids is 1. The van der Waals surface area contributed by atoms with Crippen LogP contribution >= 0.6 is 0 Å². The summed E-state index contributed by atoms with van der Waals surface area (Å²) < 4.78 is 5.11. The predicted molar refractivity (Wildman–Crippen MR) is 66.9 cm³/mol. The predicted octanol–water partition coefficient (Wildman–Crippen LogP) is 1.72. The number of furan rings is 1. The van der Waals surface area contributed by atoms with Crippen molar-refractivity contribution in [2.75, 3.05) is 6.54 Å². The fourth-order valence-electron chi connectivity index (χ4n) is 1.49. The number of urea groups is 1. The Morgan fingerprint density at radius 2 is 2.17 bits per heavy atom. The van der Waals surface area contributed by atoms with Crippen LogP contribution in [0.4, 0.5) is 4.79 Å². The number of nitrogens with one attached hydrogen (secondary N) is 2. The summed E-state index contributed by atoms with van der Waals surface area (Å²) in [4.78, 5) is 15.6. The molecule has 2 N–H and O–H groups in total. The zero-order valence-corrected chi connectivity index (χ0v) is 9.93. The molecule has 0 radical (unpaired) electrons. The second-order valence-corrected chi connectivity index (χ2v) is 3.76. The third kappa shape index (κ3) is 3.93. The summed E-state index contributed by atoms with van der Waals surface area (Å²) in [6, 6.07) is 9.13. The third-order valence-electron chi connectivity index (χ3n) is 2.40. The summed E-state index contributed by atoms with van der Waals surface area (Å²) >= 11 is 0. The van der Waals surface area contributed by atoms with E-state index in [1.54, 1.807) is 18.5 Å². The Morgan fingerprint density at radius 3 is 2.89 bits per heavy atom. The van der Waals surface area contributed by atoms with Crippen molar-refractivity contribution in [2.24, 2.45) is 0 Å². The van der Waals surface area contributed by atoms with Crippen LogP contribution in [0.3, 0.4) is 0 Å². The number of aromatic nitrogens is 1. The average Bonchev–Trinajstić information content (AvgIpc) is 2.91. The van der Waals surface area contributed by atoms with E-state index in [9.17, 15) is 4.79 Å². The number of hydrogen-bond acceptors (Lipinski definition) is 3. The van der Waals surface area contributed by atoms with E-state index in [1.807, 2.05) is 24.3 Å². The van der Waals surface area contributed by atoms with Crippen molar-refractivity contribution in [3.63, 3.8) is 0 Å². The molecule has 2 amide bonds. The maximum Gasteiger partial charge on any atom is 0.315 e. The van der Waals surface area contributed by atoms with Gasteiger partial charge in [0.25, 0.3) is 0 Å². The van der Waals surface area contributed by atoms with Gasteiger partial charge < -0.3 is 15.1 Å². The number of amides is 2. The Kier molecular flexibility index (Phi) is 4.35. The maximum absolute atomic E-state index is 11.4. The van der Waals surface area contributed by atoms with Crippen molar-refractivity contribution >= 4 is 6.03 Å². The molecule has 2 rings (SSSR count). The van der Waals surface area contributed by atoms with Crippen molar-refractivity contribution in [1.29, 1.82) is 0 Å². The minimum atomic E-state index is -0.206. The van der Waals surface area contributed by atoms with Gasteiger partial charge in [0.05, 0.1) is 12.8 Å². The molecule has 0 bridgehead atoms. The number of nitrogens with zero attached hydrogens (tertiary/aromatic N) is 1. The maximum atomic E-state index is 11.4. The molecule has 2 heterocycles. The smallest absolute Gasteiger partial charge is 0.315 e. The molecule has 5 nitrogen and oxygen atoms in total. The first-order chi connectivity index (χ1) is 8.84. The molecule has 0 unspecified atom stereocenters.